The fourth-order valence-corrected chi connectivity index (χ4v) is 4.00. The van der Waals surface area contributed by atoms with E-state index in [1.54, 1.807) is 65.0 Å². The molecule has 0 unspecified atom stereocenters. The molecule has 0 spiro atoms. The number of amides is 1. The number of hydrogen-bond donors (Lipinski definition) is 1. The quantitative estimate of drug-likeness (QED) is 0.217. The number of esters is 3. The van der Waals surface area contributed by atoms with E-state index in [1.165, 1.54) is 0 Å². The molecule has 0 bridgehead atoms. The van der Waals surface area contributed by atoms with Gasteiger partial charge in [-0.3, -0.25) is 9.59 Å². The van der Waals surface area contributed by atoms with Crippen molar-refractivity contribution in [3.8, 4) is 0 Å². The van der Waals surface area contributed by atoms with E-state index in [4.69, 9.17) is 18.9 Å². The van der Waals surface area contributed by atoms with Crippen LogP contribution in [-0.4, -0.2) is 48.9 Å². The molecule has 0 aromatic heterocycles. The Balaban J connectivity index is 2.29. The molecule has 2 aromatic carbocycles. The van der Waals surface area contributed by atoms with Gasteiger partial charge in [0.15, 0.2) is 5.41 Å². The summed E-state index contributed by atoms with van der Waals surface area (Å²) in [7, 11) is 0. The Labute approximate surface area is 230 Å². The SMILES string of the molecule is CCOC(=O)C(CCC[C@H](NC(=O)OC(C)(C)C)C(=O)OCc1ccccc1)(C(=O)OCC)c1ccccc1. The van der Waals surface area contributed by atoms with Crippen molar-refractivity contribution in [2.24, 2.45) is 0 Å². The third-order valence-corrected chi connectivity index (χ3v) is 5.76. The van der Waals surface area contributed by atoms with Crippen LogP contribution in [-0.2, 0) is 45.4 Å². The molecule has 0 radical (unpaired) electrons. The lowest BCUT2D eigenvalue weighted by molar-refractivity contribution is -0.165. The molecular weight excluding hydrogens is 502 g/mol. The van der Waals surface area contributed by atoms with Crippen molar-refractivity contribution in [3.05, 3.63) is 71.8 Å². The van der Waals surface area contributed by atoms with Crippen LogP contribution in [0.3, 0.4) is 0 Å². The first kappa shape index (κ1) is 31.3. The van der Waals surface area contributed by atoms with Crippen LogP contribution in [0.1, 0.15) is 65.0 Å². The van der Waals surface area contributed by atoms with Crippen molar-refractivity contribution < 1.29 is 38.1 Å². The van der Waals surface area contributed by atoms with Crippen molar-refractivity contribution in [1.29, 1.82) is 0 Å². The van der Waals surface area contributed by atoms with E-state index < -0.39 is 41.1 Å². The number of rotatable bonds is 13. The van der Waals surface area contributed by atoms with Gasteiger partial charge in [0.25, 0.3) is 0 Å². The van der Waals surface area contributed by atoms with Crippen molar-refractivity contribution >= 4 is 24.0 Å². The van der Waals surface area contributed by atoms with Gasteiger partial charge in [0.2, 0.25) is 0 Å². The van der Waals surface area contributed by atoms with E-state index in [0.717, 1.165) is 5.56 Å². The highest BCUT2D eigenvalue weighted by atomic mass is 16.6. The molecule has 2 aromatic rings. The van der Waals surface area contributed by atoms with E-state index in [0.29, 0.717) is 5.56 Å². The van der Waals surface area contributed by atoms with Gasteiger partial charge < -0.3 is 24.3 Å². The van der Waals surface area contributed by atoms with Crippen LogP contribution in [0.25, 0.3) is 0 Å². The smallest absolute Gasteiger partial charge is 0.408 e. The zero-order valence-corrected chi connectivity index (χ0v) is 23.4. The maximum absolute atomic E-state index is 13.3. The summed E-state index contributed by atoms with van der Waals surface area (Å²) in [6.07, 6.45) is -0.560. The van der Waals surface area contributed by atoms with Crippen LogP contribution in [0.4, 0.5) is 4.79 Å². The van der Waals surface area contributed by atoms with Gasteiger partial charge >= 0.3 is 24.0 Å². The van der Waals surface area contributed by atoms with Crippen LogP contribution < -0.4 is 5.32 Å². The van der Waals surface area contributed by atoms with Gasteiger partial charge in [0, 0.05) is 0 Å². The zero-order valence-electron chi connectivity index (χ0n) is 23.4. The van der Waals surface area contributed by atoms with Crippen LogP contribution in [0.15, 0.2) is 60.7 Å². The predicted octanol–water partition coefficient (Wildman–Crippen LogP) is 4.86. The minimum atomic E-state index is -1.74. The second kappa shape index (κ2) is 14.9. The number of carbonyl (C=O) groups is 4. The Morgan fingerprint density at radius 3 is 1.85 bits per heavy atom. The van der Waals surface area contributed by atoms with E-state index in [2.05, 4.69) is 5.32 Å². The van der Waals surface area contributed by atoms with Crippen LogP contribution >= 0.6 is 0 Å². The Kier molecular flexibility index (Phi) is 12.0. The van der Waals surface area contributed by atoms with Gasteiger partial charge in [0.1, 0.15) is 18.2 Å². The molecule has 0 aliphatic heterocycles. The summed E-state index contributed by atoms with van der Waals surface area (Å²) in [6.45, 7) is 8.60. The monoisotopic (exact) mass is 541 g/mol. The van der Waals surface area contributed by atoms with Crippen molar-refractivity contribution in [1.82, 2.24) is 5.32 Å². The molecule has 1 N–H and O–H groups in total. The average molecular weight is 542 g/mol. The summed E-state index contributed by atoms with van der Waals surface area (Å²) in [6, 6.07) is 16.6. The Bertz CT molecular complexity index is 1060. The van der Waals surface area contributed by atoms with Gasteiger partial charge in [-0.2, -0.15) is 0 Å². The lowest BCUT2D eigenvalue weighted by Crippen LogP contribution is -2.47. The summed E-state index contributed by atoms with van der Waals surface area (Å²) in [5.41, 5.74) is -1.31. The Morgan fingerprint density at radius 2 is 1.33 bits per heavy atom. The van der Waals surface area contributed by atoms with Gasteiger partial charge in [-0.15, -0.1) is 0 Å². The molecule has 9 nitrogen and oxygen atoms in total. The van der Waals surface area contributed by atoms with Crippen molar-refractivity contribution in [2.45, 2.75) is 77.5 Å². The average Bonchev–Trinajstić information content (AvgIpc) is 2.89. The van der Waals surface area contributed by atoms with Crippen molar-refractivity contribution in [3.63, 3.8) is 0 Å². The second-order valence-corrected chi connectivity index (χ2v) is 9.90. The van der Waals surface area contributed by atoms with Crippen LogP contribution in [0.5, 0.6) is 0 Å². The third-order valence-electron chi connectivity index (χ3n) is 5.76. The fraction of sp³-hybridized carbons (Fsp3) is 0.467. The van der Waals surface area contributed by atoms with E-state index >= 15 is 0 Å². The maximum atomic E-state index is 13.3. The summed E-state index contributed by atoms with van der Waals surface area (Å²) >= 11 is 0. The Morgan fingerprint density at radius 1 is 0.795 bits per heavy atom. The summed E-state index contributed by atoms with van der Waals surface area (Å²) in [5, 5.41) is 2.58. The molecule has 1 atom stereocenters. The summed E-state index contributed by atoms with van der Waals surface area (Å²) in [5.74, 6) is -2.14. The van der Waals surface area contributed by atoms with E-state index in [9.17, 15) is 19.2 Å². The minimum Gasteiger partial charge on any atom is -0.465 e. The highest BCUT2D eigenvalue weighted by Crippen LogP contribution is 2.34. The summed E-state index contributed by atoms with van der Waals surface area (Å²) < 4.78 is 21.4. The van der Waals surface area contributed by atoms with Gasteiger partial charge in [-0.05, 0) is 65.0 Å². The molecule has 0 aliphatic carbocycles. The largest absolute Gasteiger partial charge is 0.465 e. The molecule has 39 heavy (non-hydrogen) atoms. The predicted molar refractivity (Wildman–Crippen MR) is 145 cm³/mol. The molecular formula is C30H39NO8. The first-order chi connectivity index (χ1) is 18.5. The molecule has 9 heteroatoms. The van der Waals surface area contributed by atoms with Gasteiger partial charge in [-0.1, -0.05) is 60.7 Å². The number of benzene rings is 2. The number of hydrogen-bond acceptors (Lipinski definition) is 8. The highest BCUT2D eigenvalue weighted by molar-refractivity contribution is 6.06. The topological polar surface area (TPSA) is 117 Å². The first-order valence-corrected chi connectivity index (χ1v) is 13.1. The first-order valence-electron chi connectivity index (χ1n) is 13.1. The van der Waals surface area contributed by atoms with E-state index in [-0.39, 0.29) is 39.1 Å². The standard InChI is InChI=1S/C30H39NO8/c1-6-36-26(33)30(27(34)37-7-2,23-17-12-9-13-18-23)20-14-19-24(31-28(35)39-29(3,4)5)25(32)38-21-22-15-10-8-11-16-22/h8-13,15-18,24H,6-7,14,19-21H2,1-5H3,(H,31,35)/t24-/m0/s1. The third kappa shape index (κ3) is 9.42. The van der Waals surface area contributed by atoms with Crippen molar-refractivity contribution in [2.75, 3.05) is 13.2 Å². The number of nitrogens with one attached hydrogen (secondary N) is 1. The number of ether oxygens (including phenoxy) is 4. The van der Waals surface area contributed by atoms with Crippen LogP contribution in [0.2, 0.25) is 0 Å². The lowest BCUT2D eigenvalue weighted by Gasteiger charge is -2.30. The molecule has 2 rings (SSSR count). The highest BCUT2D eigenvalue weighted by Gasteiger charge is 2.50. The molecule has 0 fully saturated rings. The summed E-state index contributed by atoms with van der Waals surface area (Å²) in [4.78, 5) is 52.1. The molecule has 0 heterocycles. The molecule has 1 amide bonds. The van der Waals surface area contributed by atoms with Gasteiger partial charge in [0.05, 0.1) is 13.2 Å². The normalized spacial score (nSPS) is 12.1. The molecule has 212 valence electrons. The minimum absolute atomic E-state index is 0.0196. The molecule has 0 saturated heterocycles. The fourth-order valence-electron chi connectivity index (χ4n) is 4.00. The van der Waals surface area contributed by atoms with Gasteiger partial charge in [-0.25, -0.2) is 9.59 Å². The molecule has 0 aliphatic rings. The number of carbonyl (C=O) groups excluding carboxylic acids is 4. The van der Waals surface area contributed by atoms with Crippen LogP contribution in [0, 0.1) is 0 Å². The molecule has 0 saturated carbocycles. The Hall–Kier alpha value is -3.88. The number of alkyl carbamates (subject to hydrolysis) is 1. The maximum Gasteiger partial charge on any atom is 0.408 e. The zero-order chi connectivity index (χ0) is 28.9. The van der Waals surface area contributed by atoms with E-state index in [1.807, 2.05) is 30.3 Å². The lowest BCUT2D eigenvalue weighted by atomic mass is 9.76. The second-order valence-electron chi connectivity index (χ2n) is 9.90.